The van der Waals surface area contributed by atoms with Crippen LogP contribution in [0.15, 0.2) is 48.5 Å². The summed E-state index contributed by atoms with van der Waals surface area (Å²) in [5.41, 5.74) is 2.02. The van der Waals surface area contributed by atoms with Crippen LogP contribution in [0.1, 0.15) is 17.3 Å². The van der Waals surface area contributed by atoms with E-state index in [0.717, 1.165) is 5.69 Å². The molecule has 0 aliphatic carbocycles. The van der Waals surface area contributed by atoms with Gasteiger partial charge in [-0.2, -0.15) is 0 Å². The maximum absolute atomic E-state index is 12.2. The first-order valence-electron chi connectivity index (χ1n) is 6.88. The number of hydrogen-bond donors (Lipinski definition) is 2. The fraction of sp³-hybridized carbons (Fsp3) is 0.176. The smallest absolute Gasteiger partial charge is 0.221 e. The van der Waals surface area contributed by atoms with Gasteiger partial charge in [-0.1, -0.05) is 12.1 Å². The molecule has 0 aliphatic rings. The molecule has 2 aromatic rings. The molecular weight excluding hydrogens is 280 g/mol. The predicted octanol–water partition coefficient (Wildman–Crippen LogP) is 2.95. The highest BCUT2D eigenvalue weighted by molar-refractivity contribution is 5.99. The summed E-state index contributed by atoms with van der Waals surface area (Å²) in [6, 6.07) is 14.2. The minimum Gasteiger partial charge on any atom is -0.495 e. The van der Waals surface area contributed by atoms with Gasteiger partial charge in [0.25, 0.3) is 0 Å². The zero-order valence-corrected chi connectivity index (χ0v) is 12.6. The summed E-state index contributed by atoms with van der Waals surface area (Å²) in [5.74, 6) is 0.508. The first kappa shape index (κ1) is 15.6. The van der Waals surface area contributed by atoms with E-state index in [9.17, 15) is 9.59 Å². The number of ketones is 1. The average Bonchev–Trinajstić information content (AvgIpc) is 2.53. The standard InChI is InChI=1S/C17H18N2O3/c1-12(20)19-14-9-7-13(8-10-14)16(21)11-18-15-5-3-4-6-17(15)22-2/h3-10,18H,11H2,1-2H3,(H,19,20). The Labute approximate surface area is 129 Å². The van der Waals surface area contributed by atoms with Gasteiger partial charge in [-0.05, 0) is 36.4 Å². The van der Waals surface area contributed by atoms with E-state index in [1.54, 1.807) is 31.4 Å². The quantitative estimate of drug-likeness (QED) is 0.805. The number of carbonyl (C=O) groups is 2. The van der Waals surface area contributed by atoms with Gasteiger partial charge in [-0.15, -0.1) is 0 Å². The monoisotopic (exact) mass is 298 g/mol. The SMILES string of the molecule is COc1ccccc1NCC(=O)c1ccc(NC(C)=O)cc1. The molecule has 2 N–H and O–H groups in total. The van der Waals surface area contributed by atoms with Gasteiger partial charge < -0.3 is 15.4 Å². The number of amides is 1. The molecule has 0 atom stereocenters. The van der Waals surface area contributed by atoms with E-state index in [4.69, 9.17) is 4.74 Å². The van der Waals surface area contributed by atoms with Crippen molar-refractivity contribution in [3.63, 3.8) is 0 Å². The van der Waals surface area contributed by atoms with Crippen LogP contribution >= 0.6 is 0 Å². The molecule has 114 valence electrons. The molecule has 1 amide bonds. The van der Waals surface area contributed by atoms with Crippen molar-refractivity contribution in [2.24, 2.45) is 0 Å². The van der Waals surface area contributed by atoms with Crippen LogP contribution in [0.2, 0.25) is 0 Å². The molecule has 0 aromatic heterocycles. The Morgan fingerprint density at radius 1 is 1.05 bits per heavy atom. The third-order valence-electron chi connectivity index (χ3n) is 3.07. The highest BCUT2D eigenvalue weighted by Gasteiger charge is 2.08. The normalized spacial score (nSPS) is 9.91. The minimum absolute atomic E-state index is 0.0414. The summed E-state index contributed by atoms with van der Waals surface area (Å²) in [6.07, 6.45) is 0. The summed E-state index contributed by atoms with van der Waals surface area (Å²) in [5, 5.41) is 5.73. The second kappa shape index (κ2) is 7.26. The zero-order valence-electron chi connectivity index (χ0n) is 12.6. The average molecular weight is 298 g/mol. The Hall–Kier alpha value is -2.82. The molecule has 0 heterocycles. The molecule has 5 nitrogen and oxygen atoms in total. The zero-order chi connectivity index (χ0) is 15.9. The lowest BCUT2D eigenvalue weighted by Crippen LogP contribution is -2.14. The molecule has 22 heavy (non-hydrogen) atoms. The number of nitrogens with one attached hydrogen (secondary N) is 2. The van der Waals surface area contributed by atoms with Crippen molar-refractivity contribution in [2.45, 2.75) is 6.92 Å². The number of Topliss-reactive ketones (excluding diaryl/α,β-unsaturated/α-hetero) is 1. The highest BCUT2D eigenvalue weighted by Crippen LogP contribution is 2.22. The Balaban J connectivity index is 1.98. The number of benzene rings is 2. The van der Waals surface area contributed by atoms with Gasteiger partial charge in [-0.25, -0.2) is 0 Å². The largest absolute Gasteiger partial charge is 0.495 e. The molecule has 0 aliphatic heterocycles. The van der Waals surface area contributed by atoms with Gasteiger partial charge in [0.1, 0.15) is 5.75 Å². The van der Waals surface area contributed by atoms with Gasteiger partial charge in [0.05, 0.1) is 19.3 Å². The Bertz CT molecular complexity index is 666. The molecular formula is C17H18N2O3. The number of para-hydroxylation sites is 2. The maximum atomic E-state index is 12.2. The fourth-order valence-electron chi connectivity index (χ4n) is 2.01. The summed E-state index contributed by atoms with van der Waals surface area (Å²) >= 11 is 0. The second-order valence-corrected chi connectivity index (χ2v) is 4.74. The number of methoxy groups -OCH3 is 1. The van der Waals surface area contributed by atoms with Crippen molar-refractivity contribution in [2.75, 3.05) is 24.3 Å². The number of anilines is 2. The molecule has 2 rings (SSSR count). The molecule has 0 bridgehead atoms. The van der Waals surface area contributed by atoms with Crippen molar-refractivity contribution in [3.05, 3.63) is 54.1 Å². The minimum atomic E-state index is -0.142. The van der Waals surface area contributed by atoms with Crippen LogP contribution in [-0.4, -0.2) is 25.3 Å². The van der Waals surface area contributed by atoms with E-state index in [-0.39, 0.29) is 18.2 Å². The molecule has 0 fully saturated rings. The Morgan fingerprint density at radius 3 is 2.36 bits per heavy atom. The number of ether oxygens (including phenoxy) is 1. The van der Waals surface area contributed by atoms with Crippen LogP contribution < -0.4 is 15.4 Å². The third-order valence-corrected chi connectivity index (χ3v) is 3.07. The maximum Gasteiger partial charge on any atom is 0.221 e. The van der Waals surface area contributed by atoms with E-state index in [2.05, 4.69) is 10.6 Å². The van der Waals surface area contributed by atoms with Crippen LogP contribution in [0.3, 0.4) is 0 Å². The van der Waals surface area contributed by atoms with Gasteiger partial charge in [0, 0.05) is 18.2 Å². The van der Waals surface area contributed by atoms with Crippen molar-refractivity contribution in [1.82, 2.24) is 0 Å². The van der Waals surface area contributed by atoms with E-state index in [1.807, 2.05) is 24.3 Å². The van der Waals surface area contributed by atoms with Gasteiger partial charge in [0.15, 0.2) is 5.78 Å². The first-order valence-corrected chi connectivity index (χ1v) is 6.88. The molecule has 0 radical (unpaired) electrons. The van der Waals surface area contributed by atoms with E-state index < -0.39 is 0 Å². The predicted molar refractivity (Wildman–Crippen MR) is 86.6 cm³/mol. The molecule has 0 saturated carbocycles. The van der Waals surface area contributed by atoms with Crippen molar-refractivity contribution < 1.29 is 14.3 Å². The van der Waals surface area contributed by atoms with Crippen molar-refractivity contribution in [3.8, 4) is 5.75 Å². The van der Waals surface area contributed by atoms with Crippen LogP contribution in [0, 0.1) is 0 Å². The lowest BCUT2D eigenvalue weighted by Gasteiger charge is -2.10. The lowest BCUT2D eigenvalue weighted by molar-refractivity contribution is -0.114. The third kappa shape index (κ3) is 4.09. The van der Waals surface area contributed by atoms with Gasteiger partial charge in [0.2, 0.25) is 5.91 Å². The summed E-state index contributed by atoms with van der Waals surface area (Å²) in [7, 11) is 1.59. The van der Waals surface area contributed by atoms with Crippen LogP contribution in [-0.2, 0) is 4.79 Å². The summed E-state index contributed by atoms with van der Waals surface area (Å²) in [4.78, 5) is 23.1. The molecule has 0 spiro atoms. The van der Waals surface area contributed by atoms with E-state index in [1.165, 1.54) is 6.92 Å². The van der Waals surface area contributed by atoms with Crippen molar-refractivity contribution in [1.29, 1.82) is 0 Å². The Kier molecular flexibility index (Phi) is 5.14. The number of carbonyl (C=O) groups excluding carboxylic acids is 2. The van der Waals surface area contributed by atoms with Gasteiger partial charge >= 0.3 is 0 Å². The molecule has 2 aromatic carbocycles. The molecule has 5 heteroatoms. The molecule has 0 saturated heterocycles. The van der Waals surface area contributed by atoms with Crippen LogP contribution in [0.5, 0.6) is 5.75 Å². The van der Waals surface area contributed by atoms with Crippen LogP contribution in [0.4, 0.5) is 11.4 Å². The first-order chi connectivity index (χ1) is 10.6. The molecule has 0 unspecified atom stereocenters. The summed E-state index contributed by atoms with van der Waals surface area (Å²) < 4.78 is 5.22. The number of rotatable bonds is 6. The lowest BCUT2D eigenvalue weighted by atomic mass is 10.1. The topological polar surface area (TPSA) is 67.4 Å². The van der Waals surface area contributed by atoms with E-state index >= 15 is 0 Å². The van der Waals surface area contributed by atoms with Crippen molar-refractivity contribution >= 4 is 23.1 Å². The Morgan fingerprint density at radius 2 is 1.73 bits per heavy atom. The number of hydrogen-bond acceptors (Lipinski definition) is 4. The van der Waals surface area contributed by atoms with E-state index in [0.29, 0.717) is 17.0 Å². The highest BCUT2D eigenvalue weighted by atomic mass is 16.5. The second-order valence-electron chi connectivity index (χ2n) is 4.74. The van der Waals surface area contributed by atoms with Gasteiger partial charge in [-0.3, -0.25) is 9.59 Å². The fourth-order valence-corrected chi connectivity index (χ4v) is 2.01. The summed E-state index contributed by atoms with van der Waals surface area (Å²) in [6.45, 7) is 1.61. The van der Waals surface area contributed by atoms with Crippen LogP contribution in [0.25, 0.3) is 0 Å².